The molecule has 27 heavy (non-hydrogen) atoms. The Hall–Kier alpha value is -3.15. The summed E-state index contributed by atoms with van der Waals surface area (Å²) >= 11 is 0. The lowest BCUT2D eigenvalue weighted by Gasteiger charge is -2.08. The number of hydrogen-bond donors (Lipinski definition) is 3. The van der Waals surface area contributed by atoms with Crippen molar-refractivity contribution in [2.45, 2.75) is 32.2 Å². The maximum atomic E-state index is 13.6. The molecule has 1 saturated carbocycles. The molecule has 4 rings (SSSR count). The van der Waals surface area contributed by atoms with Gasteiger partial charge in [-0.1, -0.05) is 6.07 Å². The number of aromatic amines is 1. The van der Waals surface area contributed by atoms with E-state index in [2.05, 4.69) is 15.6 Å². The van der Waals surface area contributed by atoms with Crippen molar-refractivity contribution in [1.29, 1.82) is 0 Å². The van der Waals surface area contributed by atoms with Gasteiger partial charge in [0, 0.05) is 33.9 Å². The summed E-state index contributed by atoms with van der Waals surface area (Å²) in [6.07, 6.45) is 2.16. The number of fused-ring (bicyclic) bond motifs is 1. The van der Waals surface area contributed by atoms with E-state index in [0.717, 1.165) is 29.6 Å². The number of halogens is 1. The van der Waals surface area contributed by atoms with Crippen LogP contribution in [0.5, 0.6) is 0 Å². The number of hydrogen-bond acceptors (Lipinski definition) is 2. The molecule has 3 aromatic rings. The third-order valence-electron chi connectivity index (χ3n) is 4.74. The van der Waals surface area contributed by atoms with E-state index in [1.807, 2.05) is 6.92 Å². The molecule has 1 aliphatic rings. The number of carbonyl (C=O) groups is 2. The Kier molecular flexibility index (Phi) is 4.39. The van der Waals surface area contributed by atoms with Gasteiger partial charge in [-0.3, -0.25) is 9.59 Å². The summed E-state index contributed by atoms with van der Waals surface area (Å²) in [5.74, 6) is -0.683. The molecule has 138 valence electrons. The second-order valence-electron chi connectivity index (χ2n) is 6.97. The highest BCUT2D eigenvalue weighted by molar-refractivity contribution is 5.99. The summed E-state index contributed by atoms with van der Waals surface area (Å²) in [6, 6.07) is 11.6. The minimum Gasteiger partial charge on any atom is -0.358 e. The van der Waals surface area contributed by atoms with Crippen LogP contribution >= 0.6 is 0 Å². The van der Waals surface area contributed by atoms with Crippen LogP contribution < -0.4 is 10.6 Å². The van der Waals surface area contributed by atoms with Crippen LogP contribution in [-0.4, -0.2) is 22.8 Å². The minimum absolute atomic E-state index is 0.119. The van der Waals surface area contributed by atoms with Gasteiger partial charge in [0.2, 0.25) is 5.91 Å². The van der Waals surface area contributed by atoms with Gasteiger partial charge in [-0.2, -0.15) is 0 Å². The van der Waals surface area contributed by atoms with Crippen LogP contribution in [0.15, 0.2) is 42.5 Å². The number of amides is 2. The van der Waals surface area contributed by atoms with Gasteiger partial charge in [-0.05, 0) is 61.7 Å². The van der Waals surface area contributed by atoms with Crippen LogP contribution in [0.25, 0.3) is 10.9 Å². The lowest BCUT2D eigenvalue weighted by atomic mass is 10.1. The lowest BCUT2D eigenvalue weighted by molar-refractivity contribution is -0.115. The van der Waals surface area contributed by atoms with Crippen molar-refractivity contribution in [1.82, 2.24) is 10.3 Å². The molecule has 2 aromatic carbocycles. The van der Waals surface area contributed by atoms with Gasteiger partial charge in [0.15, 0.2) is 0 Å². The quantitative estimate of drug-likeness (QED) is 0.645. The summed E-state index contributed by atoms with van der Waals surface area (Å²) in [7, 11) is 0. The van der Waals surface area contributed by atoms with Crippen molar-refractivity contribution >= 4 is 28.4 Å². The molecule has 0 saturated heterocycles. The second-order valence-corrected chi connectivity index (χ2v) is 6.97. The Morgan fingerprint density at radius 1 is 1.19 bits per heavy atom. The first-order chi connectivity index (χ1) is 13.0. The monoisotopic (exact) mass is 365 g/mol. The molecule has 0 bridgehead atoms. The number of aromatic nitrogens is 1. The van der Waals surface area contributed by atoms with Crippen LogP contribution in [-0.2, 0) is 11.2 Å². The molecule has 6 heteroatoms. The van der Waals surface area contributed by atoms with Crippen molar-refractivity contribution in [2.24, 2.45) is 0 Å². The summed E-state index contributed by atoms with van der Waals surface area (Å²) in [5, 5.41) is 6.46. The van der Waals surface area contributed by atoms with Crippen LogP contribution in [0.1, 0.15) is 34.5 Å². The maximum absolute atomic E-state index is 13.6. The zero-order valence-corrected chi connectivity index (χ0v) is 14.9. The van der Waals surface area contributed by atoms with Crippen LogP contribution in [0.3, 0.4) is 0 Å². The summed E-state index contributed by atoms with van der Waals surface area (Å²) in [5.41, 5.74) is 3.49. The Morgan fingerprint density at radius 3 is 2.78 bits per heavy atom. The fourth-order valence-electron chi connectivity index (χ4n) is 3.18. The van der Waals surface area contributed by atoms with E-state index < -0.39 is 0 Å². The fraction of sp³-hybridized carbons (Fsp3) is 0.238. The minimum atomic E-state index is -0.336. The summed E-state index contributed by atoms with van der Waals surface area (Å²) in [6.45, 7) is 1.86. The number of rotatable bonds is 5. The third kappa shape index (κ3) is 3.84. The largest absolute Gasteiger partial charge is 0.358 e. The van der Waals surface area contributed by atoms with Crippen LogP contribution in [0.4, 0.5) is 10.1 Å². The predicted molar refractivity (Wildman–Crippen MR) is 102 cm³/mol. The summed E-state index contributed by atoms with van der Waals surface area (Å²) < 4.78 is 13.6. The molecule has 1 fully saturated rings. The first-order valence-corrected chi connectivity index (χ1v) is 8.97. The van der Waals surface area contributed by atoms with Gasteiger partial charge in [0.05, 0.1) is 6.42 Å². The molecule has 0 spiro atoms. The molecule has 0 aliphatic heterocycles. The zero-order valence-electron chi connectivity index (χ0n) is 14.9. The maximum Gasteiger partial charge on any atom is 0.251 e. The number of benzene rings is 2. The normalized spacial score (nSPS) is 13.6. The van der Waals surface area contributed by atoms with E-state index in [-0.39, 0.29) is 30.1 Å². The molecule has 5 nitrogen and oxygen atoms in total. The van der Waals surface area contributed by atoms with E-state index in [1.165, 1.54) is 12.1 Å². The van der Waals surface area contributed by atoms with E-state index in [9.17, 15) is 14.0 Å². The lowest BCUT2D eigenvalue weighted by Crippen LogP contribution is -2.25. The van der Waals surface area contributed by atoms with E-state index in [1.54, 1.807) is 30.3 Å². The fourth-order valence-corrected chi connectivity index (χ4v) is 3.18. The smallest absolute Gasteiger partial charge is 0.251 e. The van der Waals surface area contributed by atoms with Gasteiger partial charge < -0.3 is 15.6 Å². The topological polar surface area (TPSA) is 74.0 Å². The van der Waals surface area contributed by atoms with Gasteiger partial charge in [-0.25, -0.2) is 4.39 Å². The second kappa shape index (κ2) is 6.87. The van der Waals surface area contributed by atoms with E-state index in [4.69, 9.17) is 0 Å². The molecule has 1 aliphatic carbocycles. The predicted octanol–water partition coefficient (Wildman–Crippen LogP) is 3.69. The van der Waals surface area contributed by atoms with Crippen LogP contribution in [0.2, 0.25) is 0 Å². The number of anilines is 1. The third-order valence-corrected chi connectivity index (χ3v) is 4.74. The first-order valence-electron chi connectivity index (χ1n) is 8.97. The molecule has 2 amide bonds. The van der Waals surface area contributed by atoms with E-state index >= 15 is 0 Å². The van der Waals surface area contributed by atoms with Crippen molar-refractivity contribution in [3.63, 3.8) is 0 Å². The number of nitrogens with one attached hydrogen (secondary N) is 3. The molecule has 3 N–H and O–H groups in total. The van der Waals surface area contributed by atoms with Gasteiger partial charge >= 0.3 is 0 Å². The highest BCUT2D eigenvalue weighted by atomic mass is 19.1. The Bertz CT molecular complexity index is 1040. The number of H-pyrrole nitrogens is 1. The van der Waals surface area contributed by atoms with Gasteiger partial charge in [-0.15, -0.1) is 0 Å². The summed E-state index contributed by atoms with van der Waals surface area (Å²) in [4.78, 5) is 27.8. The van der Waals surface area contributed by atoms with Gasteiger partial charge in [0.25, 0.3) is 5.91 Å². The Labute approximate surface area is 156 Å². The SMILES string of the molecule is Cc1[nH]c2ccc(F)cc2c1CC(=O)Nc1cccc(C(=O)NC2CC2)c1. The van der Waals surface area contributed by atoms with Crippen LogP contribution in [0, 0.1) is 12.7 Å². The average molecular weight is 365 g/mol. The molecule has 0 atom stereocenters. The molecular weight excluding hydrogens is 345 g/mol. The average Bonchev–Trinajstić information content (AvgIpc) is 3.40. The Balaban J connectivity index is 1.49. The number of aryl methyl sites for hydroxylation is 1. The molecule has 1 aromatic heterocycles. The molecule has 0 unspecified atom stereocenters. The van der Waals surface area contributed by atoms with Crippen molar-refractivity contribution in [2.75, 3.05) is 5.32 Å². The zero-order chi connectivity index (χ0) is 19.0. The molecule has 0 radical (unpaired) electrons. The standard InChI is InChI=1S/C21H20FN3O2/c1-12-17(18-10-14(22)5-8-19(18)23-12)11-20(26)24-16-4-2-3-13(9-16)21(27)25-15-6-7-15/h2-5,8-10,15,23H,6-7,11H2,1H3,(H,24,26)(H,25,27). The van der Waals surface area contributed by atoms with Gasteiger partial charge in [0.1, 0.15) is 5.82 Å². The highest BCUT2D eigenvalue weighted by Gasteiger charge is 2.23. The highest BCUT2D eigenvalue weighted by Crippen LogP contribution is 2.24. The number of carbonyl (C=O) groups excluding carboxylic acids is 2. The molecule has 1 heterocycles. The molecular formula is C21H20FN3O2. The van der Waals surface area contributed by atoms with Crippen molar-refractivity contribution < 1.29 is 14.0 Å². The van der Waals surface area contributed by atoms with E-state index in [0.29, 0.717) is 16.6 Å². The first kappa shape index (κ1) is 17.3. The van der Waals surface area contributed by atoms with Crippen molar-refractivity contribution in [3.05, 3.63) is 65.1 Å². The van der Waals surface area contributed by atoms with Crippen molar-refractivity contribution in [3.8, 4) is 0 Å². The Morgan fingerprint density at radius 2 is 2.00 bits per heavy atom.